The maximum atomic E-state index is 10.6. The van der Waals surface area contributed by atoms with E-state index < -0.39 is 10.0 Å². The first-order valence-electron chi connectivity index (χ1n) is 4.47. The van der Waals surface area contributed by atoms with Crippen molar-refractivity contribution < 1.29 is 13.2 Å². The number of nitrogens with two attached hydrogens (primary N) is 1. The predicted octanol–water partition coefficient (Wildman–Crippen LogP) is 2.16. The van der Waals surface area contributed by atoms with Crippen LogP contribution in [0.2, 0.25) is 5.02 Å². The summed E-state index contributed by atoms with van der Waals surface area (Å²) in [5.41, 5.74) is 0. The van der Waals surface area contributed by atoms with Gasteiger partial charge in [0.15, 0.2) is 0 Å². The molecule has 0 atom stereocenters. The molecule has 1 rings (SSSR count). The highest BCUT2D eigenvalue weighted by Gasteiger charge is 2.04. The Bertz CT molecular complexity index is 464. The molecule has 0 aliphatic heterocycles. The van der Waals surface area contributed by atoms with Gasteiger partial charge in [0.1, 0.15) is 5.75 Å². The lowest BCUT2D eigenvalue weighted by Gasteiger charge is -2.07. The number of hydrogen-bond acceptors (Lipinski definition) is 3. The summed E-state index contributed by atoms with van der Waals surface area (Å²) in [6.07, 6.45) is 0.339. The minimum Gasteiger partial charge on any atom is -0.492 e. The van der Waals surface area contributed by atoms with Gasteiger partial charge in [-0.25, -0.2) is 13.6 Å². The molecule has 7 heteroatoms. The molecule has 1 aromatic rings. The van der Waals surface area contributed by atoms with Crippen molar-refractivity contribution >= 4 is 37.6 Å². The molecule has 1 aromatic carbocycles. The van der Waals surface area contributed by atoms with E-state index in [9.17, 15) is 8.42 Å². The molecule has 16 heavy (non-hydrogen) atoms. The van der Waals surface area contributed by atoms with Crippen molar-refractivity contribution in [2.75, 3.05) is 12.4 Å². The van der Waals surface area contributed by atoms with Gasteiger partial charge in [0, 0.05) is 4.47 Å². The Morgan fingerprint density at radius 1 is 1.44 bits per heavy atom. The van der Waals surface area contributed by atoms with Gasteiger partial charge in [-0.1, -0.05) is 27.5 Å². The van der Waals surface area contributed by atoms with Crippen LogP contribution in [0.3, 0.4) is 0 Å². The molecule has 0 saturated carbocycles. The lowest BCUT2D eigenvalue weighted by molar-refractivity contribution is 0.318. The van der Waals surface area contributed by atoms with E-state index in [4.69, 9.17) is 21.5 Å². The Hall–Kier alpha value is -0.300. The molecule has 0 aliphatic rings. The molecular weight excluding hydrogens is 318 g/mol. The average molecular weight is 329 g/mol. The molecule has 0 aromatic heterocycles. The van der Waals surface area contributed by atoms with E-state index in [1.165, 1.54) is 0 Å². The van der Waals surface area contributed by atoms with Gasteiger partial charge in [-0.15, -0.1) is 0 Å². The van der Waals surface area contributed by atoms with Crippen LogP contribution in [0.15, 0.2) is 22.7 Å². The van der Waals surface area contributed by atoms with Gasteiger partial charge in [0.2, 0.25) is 10.0 Å². The Labute approximate surface area is 108 Å². The summed E-state index contributed by atoms with van der Waals surface area (Å²) in [5.74, 6) is 0.431. The zero-order valence-corrected chi connectivity index (χ0v) is 11.5. The zero-order valence-electron chi connectivity index (χ0n) is 8.32. The second-order valence-electron chi connectivity index (χ2n) is 3.14. The molecule has 90 valence electrons. The largest absolute Gasteiger partial charge is 0.492 e. The standard InChI is InChI=1S/C9H11BrClNO3S/c10-7-2-3-9(8(11)6-7)15-4-1-5-16(12,13)14/h2-3,6H,1,4-5H2,(H2,12,13,14). The molecule has 0 spiro atoms. The van der Waals surface area contributed by atoms with Crippen molar-refractivity contribution in [3.05, 3.63) is 27.7 Å². The topological polar surface area (TPSA) is 69.4 Å². The second-order valence-corrected chi connectivity index (χ2v) is 6.20. The van der Waals surface area contributed by atoms with Gasteiger partial charge in [-0.2, -0.15) is 0 Å². The molecule has 0 unspecified atom stereocenters. The number of rotatable bonds is 5. The molecule has 0 bridgehead atoms. The summed E-state index contributed by atoms with van der Waals surface area (Å²) in [5, 5.41) is 5.33. The maximum Gasteiger partial charge on any atom is 0.209 e. The van der Waals surface area contributed by atoms with Gasteiger partial charge in [0.05, 0.1) is 17.4 Å². The van der Waals surface area contributed by atoms with Crippen molar-refractivity contribution in [1.29, 1.82) is 0 Å². The van der Waals surface area contributed by atoms with E-state index in [0.717, 1.165) is 4.47 Å². The fourth-order valence-corrected chi connectivity index (χ4v) is 2.28. The SMILES string of the molecule is NS(=O)(=O)CCCOc1ccc(Br)cc1Cl. The normalized spacial score (nSPS) is 11.4. The zero-order chi connectivity index (χ0) is 12.2. The summed E-state index contributed by atoms with van der Waals surface area (Å²) in [6, 6.07) is 5.21. The van der Waals surface area contributed by atoms with E-state index in [-0.39, 0.29) is 12.4 Å². The van der Waals surface area contributed by atoms with Crippen LogP contribution < -0.4 is 9.88 Å². The van der Waals surface area contributed by atoms with Crippen LogP contribution in [0.4, 0.5) is 0 Å². The number of benzene rings is 1. The minimum absolute atomic E-state index is 0.0961. The van der Waals surface area contributed by atoms with Crippen LogP contribution in [0, 0.1) is 0 Å². The minimum atomic E-state index is -3.42. The van der Waals surface area contributed by atoms with Crippen LogP contribution >= 0.6 is 27.5 Å². The molecule has 0 radical (unpaired) electrons. The lowest BCUT2D eigenvalue weighted by atomic mass is 10.3. The molecule has 0 fully saturated rings. The van der Waals surface area contributed by atoms with E-state index in [2.05, 4.69) is 15.9 Å². The van der Waals surface area contributed by atoms with Crippen LogP contribution in [-0.4, -0.2) is 20.8 Å². The highest BCUT2D eigenvalue weighted by molar-refractivity contribution is 9.10. The molecule has 2 N–H and O–H groups in total. The summed E-state index contributed by atoms with van der Waals surface area (Å²) in [7, 11) is -3.42. The first-order chi connectivity index (χ1) is 7.38. The first kappa shape index (κ1) is 13.8. The number of hydrogen-bond donors (Lipinski definition) is 1. The van der Waals surface area contributed by atoms with Crippen LogP contribution in [0.5, 0.6) is 5.75 Å². The van der Waals surface area contributed by atoms with E-state index >= 15 is 0 Å². The van der Waals surface area contributed by atoms with Crippen molar-refractivity contribution in [3.63, 3.8) is 0 Å². The molecule has 0 saturated heterocycles. The van der Waals surface area contributed by atoms with E-state index in [1.807, 2.05) is 0 Å². The Balaban J connectivity index is 2.43. The third-order valence-corrected chi connectivity index (χ3v) is 3.37. The van der Waals surface area contributed by atoms with Crippen molar-refractivity contribution in [3.8, 4) is 5.75 Å². The average Bonchev–Trinajstić information content (AvgIpc) is 2.13. The number of halogens is 2. The fraction of sp³-hybridized carbons (Fsp3) is 0.333. The number of primary sulfonamides is 1. The maximum absolute atomic E-state index is 10.6. The first-order valence-corrected chi connectivity index (χ1v) is 7.35. The summed E-state index contributed by atoms with van der Waals surface area (Å²) in [4.78, 5) is 0. The Morgan fingerprint density at radius 3 is 2.69 bits per heavy atom. The van der Waals surface area contributed by atoms with E-state index in [1.54, 1.807) is 18.2 Å². The molecule has 0 aliphatic carbocycles. The Morgan fingerprint density at radius 2 is 2.12 bits per heavy atom. The third-order valence-electron chi connectivity index (χ3n) is 1.72. The summed E-state index contributed by atoms with van der Waals surface area (Å²) >= 11 is 9.17. The molecule has 0 heterocycles. The Kier molecular flexibility index (Phi) is 5.04. The highest BCUT2D eigenvalue weighted by atomic mass is 79.9. The highest BCUT2D eigenvalue weighted by Crippen LogP contribution is 2.27. The van der Waals surface area contributed by atoms with E-state index in [0.29, 0.717) is 17.2 Å². The predicted molar refractivity (Wildman–Crippen MR) is 67.2 cm³/mol. The van der Waals surface area contributed by atoms with Crippen molar-refractivity contribution in [2.45, 2.75) is 6.42 Å². The van der Waals surface area contributed by atoms with Crippen LogP contribution in [0.25, 0.3) is 0 Å². The van der Waals surface area contributed by atoms with Crippen LogP contribution in [0.1, 0.15) is 6.42 Å². The summed E-state index contributed by atoms with van der Waals surface area (Å²) < 4.78 is 27.5. The quantitative estimate of drug-likeness (QED) is 0.842. The molecule has 0 amide bonds. The lowest BCUT2D eigenvalue weighted by Crippen LogP contribution is -2.18. The second kappa shape index (κ2) is 5.86. The van der Waals surface area contributed by atoms with Crippen molar-refractivity contribution in [2.24, 2.45) is 5.14 Å². The number of sulfonamides is 1. The van der Waals surface area contributed by atoms with Crippen LogP contribution in [-0.2, 0) is 10.0 Å². The van der Waals surface area contributed by atoms with Crippen molar-refractivity contribution in [1.82, 2.24) is 0 Å². The smallest absolute Gasteiger partial charge is 0.209 e. The number of ether oxygens (including phenoxy) is 1. The fourth-order valence-electron chi connectivity index (χ4n) is 1.03. The monoisotopic (exact) mass is 327 g/mol. The van der Waals surface area contributed by atoms with Gasteiger partial charge in [-0.05, 0) is 24.6 Å². The van der Waals surface area contributed by atoms with Gasteiger partial charge < -0.3 is 4.74 Å². The van der Waals surface area contributed by atoms with Gasteiger partial charge in [0.25, 0.3) is 0 Å². The molecular formula is C9H11BrClNO3S. The van der Waals surface area contributed by atoms with Gasteiger partial charge >= 0.3 is 0 Å². The summed E-state index contributed by atoms with van der Waals surface area (Å²) in [6.45, 7) is 0.262. The molecule has 4 nitrogen and oxygen atoms in total. The third kappa shape index (κ3) is 5.16. The van der Waals surface area contributed by atoms with Gasteiger partial charge in [-0.3, -0.25) is 0 Å².